The van der Waals surface area contributed by atoms with Crippen molar-refractivity contribution in [2.45, 2.75) is 83.3 Å². The molecule has 0 aliphatic heterocycles. The molecule has 0 aromatic carbocycles. The van der Waals surface area contributed by atoms with E-state index in [-0.39, 0.29) is 0 Å². The largest absolute Gasteiger partial charge is 0.249 e. The molecular weight excluding hydrogens is 256 g/mol. The molecule has 1 fully saturated rings. The summed E-state index contributed by atoms with van der Waals surface area (Å²) in [5, 5.41) is 9.28. The highest BCUT2D eigenvalue weighted by Crippen LogP contribution is 2.29. The van der Waals surface area contributed by atoms with Crippen molar-refractivity contribution < 1.29 is 19.9 Å². The van der Waals surface area contributed by atoms with Crippen LogP contribution in [-0.2, 0) is 14.7 Å². The SMILES string of the molecule is C=C(C)COOC1(OO)CCCCCCCCCCC1. The van der Waals surface area contributed by atoms with Crippen LogP contribution in [0.15, 0.2) is 12.2 Å². The smallest absolute Gasteiger partial charge is 0.233 e. The Labute approximate surface area is 123 Å². The van der Waals surface area contributed by atoms with Gasteiger partial charge in [0, 0.05) is 12.8 Å². The molecule has 0 radical (unpaired) electrons. The van der Waals surface area contributed by atoms with Crippen molar-refractivity contribution in [3.63, 3.8) is 0 Å². The lowest BCUT2D eigenvalue weighted by molar-refractivity contribution is -0.501. The molecular formula is C16H30O4. The standard InChI is InChI=1S/C16H30O4/c1-15(2)14-18-20-16(19-17)12-10-8-6-4-3-5-7-9-11-13-16/h17H,1,3-14H2,2H3. The second-order valence-electron chi connectivity index (χ2n) is 5.99. The van der Waals surface area contributed by atoms with Gasteiger partial charge in [0.25, 0.3) is 0 Å². The first-order chi connectivity index (χ1) is 9.68. The number of hydrogen-bond donors (Lipinski definition) is 1. The summed E-state index contributed by atoms with van der Waals surface area (Å²) >= 11 is 0. The van der Waals surface area contributed by atoms with Gasteiger partial charge in [-0.2, -0.15) is 4.89 Å². The van der Waals surface area contributed by atoms with E-state index in [2.05, 4.69) is 11.5 Å². The predicted octanol–water partition coefficient (Wildman–Crippen LogP) is 5.00. The highest BCUT2D eigenvalue weighted by Gasteiger charge is 2.33. The van der Waals surface area contributed by atoms with Crippen molar-refractivity contribution in [1.82, 2.24) is 0 Å². The Morgan fingerprint density at radius 3 is 1.80 bits per heavy atom. The topological polar surface area (TPSA) is 47.9 Å². The zero-order valence-corrected chi connectivity index (χ0v) is 12.9. The van der Waals surface area contributed by atoms with Crippen molar-refractivity contribution in [2.75, 3.05) is 6.61 Å². The van der Waals surface area contributed by atoms with Crippen molar-refractivity contribution >= 4 is 0 Å². The van der Waals surface area contributed by atoms with Crippen LogP contribution in [0.1, 0.15) is 77.6 Å². The van der Waals surface area contributed by atoms with Crippen LogP contribution in [0.5, 0.6) is 0 Å². The molecule has 0 spiro atoms. The summed E-state index contributed by atoms with van der Waals surface area (Å²) in [5.41, 5.74) is 0.881. The van der Waals surface area contributed by atoms with Gasteiger partial charge in [0.2, 0.25) is 5.79 Å². The highest BCUT2D eigenvalue weighted by atomic mass is 17.3. The van der Waals surface area contributed by atoms with Crippen LogP contribution in [0.2, 0.25) is 0 Å². The summed E-state index contributed by atoms with van der Waals surface area (Å²) in [7, 11) is 0. The first-order valence-electron chi connectivity index (χ1n) is 7.96. The summed E-state index contributed by atoms with van der Waals surface area (Å²) in [6.45, 7) is 5.96. The molecule has 1 aliphatic carbocycles. The molecule has 0 aromatic rings. The molecule has 0 heterocycles. The van der Waals surface area contributed by atoms with Gasteiger partial charge in [-0.3, -0.25) is 0 Å². The molecule has 1 aliphatic rings. The van der Waals surface area contributed by atoms with E-state index in [9.17, 15) is 5.26 Å². The summed E-state index contributed by atoms with van der Waals surface area (Å²) in [6.07, 6.45) is 12.0. The van der Waals surface area contributed by atoms with E-state index in [4.69, 9.17) is 9.78 Å². The Morgan fingerprint density at radius 1 is 0.950 bits per heavy atom. The molecule has 0 aromatic heterocycles. The maximum atomic E-state index is 9.28. The molecule has 4 heteroatoms. The number of hydrogen-bond acceptors (Lipinski definition) is 4. The van der Waals surface area contributed by atoms with E-state index in [1.807, 2.05) is 6.92 Å². The third-order valence-corrected chi connectivity index (χ3v) is 3.80. The van der Waals surface area contributed by atoms with Gasteiger partial charge < -0.3 is 0 Å². The van der Waals surface area contributed by atoms with Crippen LogP contribution in [0, 0.1) is 0 Å². The maximum Gasteiger partial charge on any atom is 0.233 e. The van der Waals surface area contributed by atoms with Gasteiger partial charge >= 0.3 is 0 Å². The Kier molecular flexibility index (Phi) is 9.10. The van der Waals surface area contributed by atoms with Gasteiger partial charge in [-0.05, 0) is 19.8 Å². The quantitative estimate of drug-likeness (QED) is 0.334. The maximum absolute atomic E-state index is 9.28. The summed E-state index contributed by atoms with van der Waals surface area (Å²) in [6, 6.07) is 0. The van der Waals surface area contributed by atoms with Gasteiger partial charge in [-0.1, -0.05) is 57.1 Å². The van der Waals surface area contributed by atoms with E-state index in [0.717, 1.165) is 31.3 Å². The average Bonchev–Trinajstić information content (AvgIpc) is 2.41. The minimum Gasteiger partial charge on any atom is -0.249 e. The molecule has 1 rings (SSSR count). The van der Waals surface area contributed by atoms with Crippen molar-refractivity contribution in [1.29, 1.82) is 0 Å². The molecule has 4 nitrogen and oxygen atoms in total. The normalized spacial score (nSPS) is 21.7. The van der Waals surface area contributed by atoms with E-state index in [1.54, 1.807) is 0 Å². The Morgan fingerprint density at radius 2 is 1.40 bits per heavy atom. The van der Waals surface area contributed by atoms with E-state index in [0.29, 0.717) is 19.4 Å². The minimum absolute atomic E-state index is 0.325. The monoisotopic (exact) mass is 286 g/mol. The fraction of sp³-hybridized carbons (Fsp3) is 0.875. The zero-order chi connectivity index (χ0) is 14.7. The second kappa shape index (κ2) is 10.3. The van der Waals surface area contributed by atoms with Gasteiger partial charge in [0.15, 0.2) is 0 Å². The van der Waals surface area contributed by atoms with Gasteiger partial charge in [-0.15, -0.1) is 0 Å². The van der Waals surface area contributed by atoms with E-state index in [1.165, 1.54) is 32.1 Å². The van der Waals surface area contributed by atoms with Crippen molar-refractivity contribution in [2.24, 2.45) is 0 Å². The van der Waals surface area contributed by atoms with E-state index >= 15 is 0 Å². The molecule has 0 saturated heterocycles. The van der Waals surface area contributed by atoms with Crippen LogP contribution >= 0.6 is 0 Å². The molecule has 20 heavy (non-hydrogen) atoms. The summed E-state index contributed by atoms with van der Waals surface area (Å²) in [4.78, 5) is 15.3. The summed E-state index contributed by atoms with van der Waals surface area (Å²) in [5.74, 6) is -1.01. The Balaban J connectivity index is 2.48. The van der Waals surface area contributed by atoms with Gasteiger partial charge in [0.1, 0.15) is 6.61 Å². The zero-order valence-electron chi connectivity index (χ0n) is 12.9. The first kappa shape index (κ1) is 17.6. The third-order valence-electron chi connectivity index (χ3n) is 3.80. The minimum atomic E-state index is -1.01. The lowest BCUT2D eigenvalue weighted by Gasteiger charge is -2.29. The predicted molar refractivity (Wildman–Crippen MR) is 79.1 cm³/mol. The van der Waals surface area contributed by atoms with Gasteiger partial charge in [0.05, 0.1) is 0 Å². The third kappa shape index (κ3) is 7.39. The molecule has 1 saturated carbocycles. The fourth-order valence-corrected chi connectivity index (χ4v) is 2.58. The van der Waals surface area contributed by atoms with Crippen molar-refractivity contribution in [3.8, 4) is 0 Å². The first-order valence-corrected chi connectivity index (χ1v) is 7.96. The molecule has 118 valence electrons. The van der Waals surface area contributed by atoms with Crippen LogP contribution in [-0.4, -0.2) is 17.7 Å². The highest BCUT2D eigenvalue weighted by molar-refractivity contribution is 4.86. The molecule has 0 atom stereocenters. The average molecular weight is 286 g/mol. The summed E-state index contributed by atoms with van der Waals surface area (Å²) < 4.78 is 0. The lowest BCUT2D eigenvalue weighted by Crippen LogP contribution is -2.35. The van der Waals surface area contributed by atoms with Crippen LogP contribution in [0.4, 0.5) is 0 Å². The van der Waals surface area contributed by atoms with Gasteiger partial charge in [-0.25, -0.2) is 15.0 Å². The Hall–Kier alpha value is -0.420. The lowest BCUT2D eigenvalue weighted by atomic mass is 9.97. The van der Waals surface area contributed by atoms with Crippen LogP contribution in [0.3, 0.4) is 0 Å². The Bertz CT molecular complexity index is 253. The second-order valence-corrected chi connectivity index (χ2v) is 5.99. The molecule has 0 bridgehead atoms. The van der Waals surface area contributed by atoms with Crippen molar-refractivity contribution in [3.05, 3.63) is 12.2 Å². The van der Waals surface area contributed by atoms with Crippen LogP contribution < -0.4 is 0 Å². The molecule has 1 N–H and O–H groups in total. The fourth-order valence-electron chi connectivity index (χ4n) is 2.58. The molecule has 0 unspecified atom stereocenters. The molecule has 0 amide bonds. The number of rotatable bonds is 5. The van der Waals surface area contributed by atoms with E-state index < -0.39 is 5.79 Å². The van der Waals surface area contributed by atoms with Crippen LogP contribution in [0.25, 0.3) is 0 Å².